The van der Waals surface area contributed by atoms with Gasteiger partial charge in [-0.15, -0.1) is 0 Å². The van der Waals surface area contributed by atoms with Crippen molar-refractivity contribution in [1.29, 1.82) is 0 Å². The number of H-pyrrole nitrogens is 1. The maximum atomic E-state index is 4.16. The van der Waals surface area contributed by atoms with Crippen molar-refractivity contribution in [3.05, 3.63) is 30.4 Å². The Kier molecular flexibility index (Phi) is 1.71. The quantitative estimate of drug-likeness (QED) is 0.658. The van der Waals surface area contributed by atoms with Crippen LogP contribution in [0.25, 0.3) is 12.2 Å². The maximum absolute atomic E-state index is 4.16. The van der Waals surface area contributed by atoms with Gasteiger partial charge in [-0.3, -0.25) is 0 Å². The minimum absolute atomic E-state index is 0.868. The van der Waals surface area contributed by atoms with Gasteiger partial charge in [0.15, 0.2) is 0 Å². The van der Waals surface area contributed by atoms with Crippen LogP contribution < -0.4 is 0 Å². The van der Waals surface area contributed by atoms with Gasteiger partial charge in [-0.1, -0.05) is 13.2 Å². The molecule has 0 saturated heterocycles. The fourth-order valence-electron chi connectivity index (χ4n) is 0.839. The molecule has 0 bridgehead atoms. The SMILES string of the molecule is C=Cc1nc(C)[nH]c1C=C. The number of hydrogen-bond acceptors (Lipinski definition) is 1. The summed E-state index contributed by atoms with van der Waals surface area (Å²) in [5, 5.41) is 0. The number of nitrogens with zero attached hydrogens (tertiary/aromatic N) is 1. The van der Waals surface area contributed by atoms with Crippen LogP contribution in [-0.2, 0) is 0 Å². The molecule has 0 saturated carbocycles. The van der Waals surface area contributed by atoms with Gasteiger partial charge in [-0.25, -0.2) is 4.98 Å². The molecule has 1 heterocycles. The van der Waals surface area contributed by atoms with Gasteiger partial charge in [0, 0.05) is 0 Å². The normalized spacial score (nSPS) is 9.30. The van der Waals surface area contributed by atoms with E-state index in [-0.39, 0.29) is 0 Å². The van der Waals surface area contributed by atoms with Crippen molar-refractivity contribution in [1.82, 2.24) is 9.97 Å². The number of nitrogens with one attached hydrogen (secondary N) is 1. The van der Waals surface area contributed by atoms with Crippen molar-refractivity contribution < 1.29 is 0 Å². The van der Waals surface area contributed by atoms with Gasteiger partial charge in [0.1, 0.15) is 5.82 Å². The summed E-state index contributed by atoms with van der Waals surface area (Å²) in [7, 11) is 0. The lowest BCUT2D eigenvalue weighted by Crippen LogP contribution is -1.73. The first-order valence-corrected chi connectivity index (χ1v) is 3.09. The number of aryl methyl sites for hydroxylation is 1. The molecule has 0 aromatic carbocycles. The number of hydrogen-bond donors (Lipinski definition) is 1. The Morgan fingerprint density at radius 1 is 1.40 bits per heavy atom. The van der Waals surface area contributed by atoms with Crippen LogP contribution in [0.5, 0.6) is 0 Å². The molecule has 52 valence electrons. The number of aromatic amines is 1. The summed E-state index contributed by atoms with van der Waals surface area (Å²) in [5.41, 5.74) is 1.81. The summed E-state index contributed by atoms with van der Waals surface area (Å²) in [6.07, 6.45) is 3.44. The average molecular weight is 134 g/mol. The topological polar surface area (TPSA) is 28.7 Å². The zero-order valence-electron chi connectivity index (χ0n) is 6.02. The zero-order chi connectivity index (χ0) is 7.56. The van der Waals surface area contributed by atoms with Crippen LogP contribution in [-0.4, -0.2) is 9.97 Å². The van der Waals surface area contributed by atoms with Gasteiger partial charge in [-0.05, 0) is 19.1 Å². The van der Waals surface area contributed by atoms with Crippen LogP contribution in [0.2, 0.25) is 0 Å². The van der Waals surface area contributed by atoms with Gasteiger partial charge in [0.05, 0.1) is 11.4 Å². The molecular weight excluding hydrogens is 124 g/mol. The van der Waals surface area contributed by atoms with Crippen molar-refractivity contribution in [2.75, 3.05) is 0 Å². The Labute approximate surface area is 60.3 Å². The third-order valence-electron chi connectivity index (χ3n) is 1.28. The highest BCUT2D eigenvalue weighted by Gasteiger charge is 1.98. The lowest BCUT2D eigenvalue weighted by molar-refractivity contribution is 1.14. The van der Waals surface area contributed by atoms with E-state index < -0.39 is 0 Å². The largest absolute Gasteiger partial charge is 0.342 e. The Morgan fingerprint density at radius 2 is 2.10 bits per heavy atom. The Bertz CT molecular complexity index is 233. The van der Waals surface area contributed by atoms with Gasteiger partial charge in [0.2, 0.25) is 0 Å². The standard InChI is InChI=1S/C8H10N2/c1-4-7-8(5-2)10-6(3)9-7/h4-5H,1-2H2,3H3,(H,9,10). The highest BCUT2D eigenvalue weighted by Crippen LogP contribution is 2.07. The van der Waals surface area contributed by atoms with Gasteiger partial charge >= 0.3 is 0 Å². The van der Waals surface area contributed by atoms with Crippen LogP contribution in [0, 0.1) is 6.92 Å². The first kappa shape index (κ1) is 6.81. The molecule has 2 heteroatoms. The van der Waals surface area contributed by atoms with E-state index in [0.717, 1.165) is 17.2 Å². The molecule has 1 aromatic rings. The van der Waals surface area contributed by atoms with Crippen LogP contribution in [0.15, 0.2) is 13.2 Å². The third-order valence-corrected chi connectivity index (χ3v) is 1.28. The molecule has 1 rings (SSSR count). The van der Waals surface area contributed by atoms with E-state index in [1.807, 2.05) is 6.92 Å². The van der Waals surface area contributed by atoms with Gasteiger partial charge in [0.25, 0.3) is 0 Å². The summed E-state index contributed by atoms with van der Waals surface area (Å²) in [6.45, 7) is 9.16. The molecule has 0 unspecified atom stereocenters. The van der Waals surface area contributed by atoms with Crippen molar-refractivity contribution in [3.63, 3.8) is 0 Å². The first-order valence-electron chi connectivity index (χ1n) is 3.09. The minimum atomic E-state index is 0.868. The second-order valence-corrected chi connectivity index (χ2v) is 2.03. The van der Waals surface area contributed by atoms with Crippen LogP contribution in [0.4, 0.5) is 0 Å². The highest BCUT2D eigenvalue weighted by atomic mass is 14.9. The predicted octanol–water partition coefficient (Wildman–Crippen LogP) is 2.00. The molecule has 0 radical (unpaired) electrons. The van der Waals surface area contributed by atoms with Crippen LogP contribution in [0.1, 0.15) is 17.2 Å². The zero-order valence-corrected chi connectivity index (χ0v) is 6.02. The van der Waals surface area contributed by atoms with Crippen LogP contribution >= 0.6 is 0 Å². The van der Waals surface area contributed by atoms with E-state index in [4.69, 9.17) is 0 Å². The van der Waals surface area contributed by atoms with E-state index >= 15 is 0 Å². The summed E-state index contributed by atoms with van der Waals surface area (Å²) in [6, 6.07) is 0. The molecule has 2 nitrogen and oxygen atoms in total. The van der Waals surface area contributed by atoms with Crippen molar-refractivity contribution in [2.45, 2.75) is 6.92 Å². The summed E-state index contributed by atoms with van der Waals surface area (Å²) in [5.74, 6) is 0.893. The smallest absolute Gasteiger partial charge is 0.104 e. The van der Waals surface area contributed by atoms with Gasteiger partial charge in [-0.2, -0.15) is 0 Å². The molecule has 0 amide bonds. The van der Waals surface area contributed by atoms with Crippen LogP contribution in [0.3, 0.4) is 0 Å². The van der Waals surface area contributed by atoms with Crippen molar-refractivity contribution in [3.8, 4) is 0 Å². The third kappa shape index (κ3) is 1.00. The fourth-order valence-corrected chi connectivity index (χ4v) is 0.839. The molecule has 1 N–H and O–H groups in total. The van der Waals surface area contributed by atoms with E-state index in [0.29, 0.717) is 0 Å². The predicted molar refractivity (Wildman–Crippen MR) is 43.5 cm³/mol. The molecule has 0 aliphatic carbocycles. The molecule has 0 spiro atoms. The second-order valence-electron chi connectivity index (χ2n) is 2.03. The van der Waals surface area contributed by atoms with Crippen molar-refractivity contribution in [2.24, 2.45) is 0 Å². The van der Waals surface area contributed by atoms with E-state index in [2.05, 4.69) is 23.1 Å². The maximum Gasteiger partial charge on any atom is 0.104 e. The molecule has 0 aliphatic rings. The summed E-state index contributed by atoms with van der Waals surface area (Å²) >= 11 is 0. The van der Waals surface area contributed by atoms with E-state index in [9.17, 15) is 0 Å². The van der Waals surface area contributed by atoms with E-state index in [1.165, 1.54) is 0 Å². The van der Waals surface area contributed by atoms with Gasteiger partial charge < -0.3 is 4.98 Å². The van der Waals surface area contributed by atoms with Crippen molar-refractivity contribution >= 4 is 12.2 Å². The molecule has 0 atom stereocenters. The summed E-state index contributed by atoms with van der Waals surface area (Å²) < 4.78 is 0. The minimum Gasteiger partial charge on any atom is -0.342 e. The monoisotopic (exact) mass is 134 g/mol. The molecule has 0 fully saturated rings. The second kappa shape index (κ2) is 2.52. The Balaban J connectivity index is 3.20. The summed E-state index contributed by atoms with van der Waals surface area (Å²) in [4.78, 5) is 7.20. The Morgan fingerprint density at radius 3 is 2.50 bits per heavy atom. The number of aromatic nitrogens is 2. The molecular formula is C8H10N2. The highest BCUT2D eigenvalue weighted by molar-refractivity contribution is 5.57. The molecule has 0 aliphatic heterocycles. The lowest BCUT2D eigenvalue weighted by atomic mass is 10.3. The lowest BCUT2D eigenvalue weighted by Gasteiger charge is -1.84. The number of imidazole rings is 1. The fraction of sp³-hybridized carbons (Fsp3) is 0.125. The van der Waals surface area contributed by atoms with E-state index in [1.54, 1.807) is 12.2 Å². The molecule has 1 aromatic heterocycles. The Hall–Kier alpha value is -1.31. The average Bonchev–Trinajstić information content (AvgIpc) is 2.30. The number of rotatable bonds is 2. The molecule has 10 heavy (non-hydrogen) atoms. The first-order chi connectivity index (χ1) is 4.77.